The van der Waals surface area contributed by atoms with E-state index in [1.165, 1.54) is 25.2 Å². The number of nitrogens with zero attached hydrogens (tertiary/aromatic N) is 3. The summed E-state index contributed by atoms with van der Waals surface area (Å²) in [6.45, 7) is 0.598. The van der Waals surface area contributed by atoms with Crippen LogP contribution in [0.4, 0.5) is 11.5 Å². The maximum atomic E-state index is 12.5. The molecule has 114 valence electrons. The number of likely N-dealkylation sites (tertiary alicyclic amines) is 1. The van der Waals surface area contributed by atoms with Gasteiger partial charge in [-0.3, -0.25) is 14.9 Å². The molecule has 21 heavy (non-hydrogen) atoms. The first kappa shape index (κ1) is 15.1. The van der Waals surface area contributed by atoms with Gasteiger partial charge in [-0.05, 0) is 6.07 Å². The van der Waals surface area contributed by atoms with E-state index in [1.807, 2.05) is 0 Å². The highest BCUT2D eigenvalue weighted by Gasteiger charge is 2.37. The molecule has 1 aliphatic heterocycles. The molecule has 2 heterocycles. The molecule has 1 fully saturated rings. The van der Waals surface area contributed by atoms with Gasteiger partial charge in [0.25, 0.3) is 11.6 Å². The number of anilines is 1. The van der Waals surface area contributed by atoms with Crippen LogP contribution in [0.1, 0.15) is 10.4 Å². The number of nitrogen functional groups attached to an aromatic ring is 1. The molecule has 1 aromatic rings. The molecule has 0 bridgehead atoms. The van der Waals surface area contributed by atoms with Crippen molar-refractivity contribution >= 4 is 17.4 Å². The molecule has 9 nitrogen and oxygen atoms in total. The van der Waals surface area contributed by atoms with E-state index in [-0.39, 0.29) is 29.3 Å². The van der Waals surface area contributed by atoms with Crippen LogP contribution in [-0.2, 0) is 9.47 Å². The van der Waals surface area contributed by atoms with Crippen LogP contribution in [0.3, 0.4) is 0 Å². The Hall–Kier alpha value is -2.26. The van der Waals surface area contributed by atoms with Gasteiger partial charge in [0.1, 0.15) is 29.8 Å². The fourth-order valence-electron chi connectivity index (χ4n) is 2.31. The summed E-state index contributed by atoms with van der Waals surface area (Å²) in [7, 11) is 3.05. The predicted octanol–water partition coefficient (Wildman–Crippen LogP) is 0.0578. The number of ether oxygens (including phenoxy) is 2. The van der Waals surface area contributed by atoms with Crippen LogP contribution in [0.2, 0.25) is 0 Å². The number of methoxy groups -OCH3 is 2. The number of hydrogen-bond donors (Lipinski definition) is 1. The smallest absolute Gasteiger partial charge is 0.300 e. The standard InChI is InChI=1S/C12H16N4O5/c1-20-9-5-15(6-10(9)21-2)12(17)7-3-11(13)14-4-8(7)16(18)19/h3-4,9-10H,5-6H2,1-2H3,(H2,13,14). The van der Waals surface area contributed by atoms with Crippen molar-refractivity contribution in [2.45, 2.75) is 12.2 Å². The molecule has 9 heteroatoms. The van der Waals surface area contributed by atoms with Gasteiger partial charge in [0.2, 0.25) is 0 Å². The number of amides is 1. The van der Waals surface area contributed by atoms with Gasteiger partial charge in [-0.2, -0.15) is 0 Å². The largest absolute Gasteiger partial charge is 0.384 e. The fraction of sp³-hybridized carbons (Fsp3) is 0.500. The van der Waals surface area contributed by atoms with Gasteiger partial charge in [0.15, 0.2) is 0 Å². The van der Waals surface area contributed by atoms with E-state index in [4.69, 9.17) is 15.2 Å². The van der Waals surface area contributed by atoms with Gasteiger partial charge < -0.3 is 20.1 Å². The Kier molecular flexibility index (Phi) is 4.34. The summed E-state index contributed by atoms with van der Waals surface area (Å²) in [4.78, 5) is 27.9. The lowest BCUT2D eigenvalue weighted by atomic mass is 10.2. The van der Waals surface area contributed by atoms with Gasteiger partial charge in [-0.1, -0.05) is 0 Å². The van der Waals surface area contributed by atoms with E-state index in [0.29, 0.717) is 13.1 Å². The van der Waals surface area contributed by atoms with Crippen molar-refractivity contribution in [1.82, 2.24) is 9.88 Å². The van der Waals surface area contributed by atoms with E-state index < -0.39 is 10.8 Å². The van der Waals surface area contributed by atoms with Crippen molar-refractivity contribution in [2.75, 3.05) is 33.0 Å². The SMILES string of the molecule is COC1CN(C(=O)c2cc(N)ncc2[N+](=O)[O-])CC1OC. The highest BCUT2D eigenvalue weighted by molar-refractivity contribution is 5.98. The molecule has 2 N–H and O–H groups in total. The fourth-order valence-corrected chi connectivity index (χ4v) is 2.31. The highest BCUT2D eigenvalue weighted by Crippen LogP contribution is 2.24. The molecular formula is C12H16N4O5. The number of carbonyl (C=O) groups is 1. The molecule has 2 atom stereocenters. The van der Waals surface area contributed by atoms with Crippen LogP contribution in [0, 0.1) is 10.1 Å². The zero-order valence-electron chi connectivity index (χ0n) is 11.7. The third-order valence-corrected chi connectivity index (χ3v) is 3.44. The lowest BCUT2D eigenvalue weighted by Gasteiger charge is -2.15. The summed E-state index contributed by atoms with van der Waals surface area (Å²) in [6.07, 6.45) is 0.453. The van der Waals surface area contributed by atoms with Crippen LogP contribution in [0.25, 0.3) is 0 Å². The van der Waals surface area contributed by atoms with Crippen molar-refractivity contribution < 1.29 is 19.2 Å². The second-order valence-electron chi connectivity index (χ2n) is 4.64. The topological polar surface area (TPSA) is 121 Å². The van der Waals surface area contributed by atoms with Gasteiger partial charge in [-0.15, -0.1) is 0 Å². The third-order valence-electron chi connectivity index (χ3n) is 3.44. The minimum absolute atomic E-state index is 0.0507. The normalized spacial score (nSPS) is 21.5. The van der Waals surface area contributed by atoms with Crippen LogP contribution < -0.4 is 5.73 Å². The summed E-state index contributed by atoms with van der Waals surface area (Å²) >= 11 is 0. The number of nitrogens with two attached hydrogens (primary N) is 1. The Morgan fingerprint density at radius 2 is 2.00 bits per heavy atom. The molecule has 1 saturated heterocycles. The van der Waals surface area contributed by atoms with Gasteiger partial charge in [-0.25, -0.2) is 4.98 Å². The second-order valence-corrected chi connectivity index (χ2v) is 4.64. The Morgan fingerprint density at radius 3 is 2.48 bits per heavy atom. The lowest BCUT2D eigenvalue weighted by molar-refractivity contribution is -0.385. The lowest BCUT2D eigenvalue weighted by Crippen LogP contribution is -2.30. The summed E-state index contributed by atoms with van der Waals surface area (Å²) in [5.74, 6) is -0.438. The number of pyridine rings is 1. The molecule has 0 saturated carbocycles. The quantitative estimate of drug-likeness (QED) is 0.615. The minimum Gasteiger partial charge on any atom is -0.384 e. The van der Waals surface area contributed by atoms with Crippen molar-refractivity contribution in [3.63, 3.8) is 0 Å². The van der Waals surface area contributed by atoms with Crippen LogP contribution in [0.15, 0.2) is 12.3 Å². The summed E-state index contributed by atoms with van der Waals surface area (Å²) in [5.41, 5.74) is 5.06. The summed E-state index contributed by atoms with van der Waals surface area (Å²) in [5, 5.41) is 11.0. The zero-order chi connectivity index (χ0) is 15.6. The molecule has 0 spiro atoms. The molecule has 1 aliphatic rings. The molecule has 0 radical (unpaired) electrons. The predicted molar refractivity (Wildman–Crippen MR) is 72.8 cm³/mol. The molecule has 1 amide bonds. The number of nitro groups is 1. The van der Waals surface area contributed by atoms with E-state index >= 15 is 0 Å². The number of carbonyl (C=O) groups excluding carboxylic acids is 1. The number of aromatic nitrogens is 1. The summed E-state index contributed by atoms with van der Waals surface area (Å²) < 4.78 is 10.5. The van der Waals surface area contributed by atoms with Gasteiger partial charge in [0.05, 0.1) is 4.92 Å². The Bertz CT molecular complexity index is 553. The van der Waals surface area contributed by atoms with E-state index in [2.05, 4.69) is 4.98 Å². The first-order valence-electron chi connectivity index (χ1n) is 6.22. The Balaban J connectivity index is 2.29. The molecule has 1 aromatic heterocycles. The van der Waals surface area contributed by atoms with Crippen LogP contribution >= 0.6 is 0 Å². The molecule has 0 aromatic carbocycles. The van der Waals surface area contributed by atoms with E-state index in [0.717, 1.165) is 6.20 Å². The van der Waals surface area contributed by atoms with Crippen molar-refractivity contribution in [2.24, 2.45) is 0 Å². The Morgan fingerprint density at radius 1 is 1.43 bits per heavy atom. The monoisotopic (exact) mass is 296 g/mol. The summed E-state index contributed by atoms with van der Waals surface area (Å²) in [6, 6.07) is 1.21. The number of rotatable bonds is 4. The third kappa shape index (κ3) is 2.93. The minimum atomic E-state index is -0.655. The van der Waals surface area contributed by atoms with Gasteiger partial charge >= 0.3 is 0 Å². The van der Waals surface area contributed by atoms with Crippen molar-refractivity contribution in [3.05, 3.63) is 27.9 Å². The molecular weight excluding hydrogens is 280 g/mol. The maximum absolute atomic E-state index is 12.5. The maximum Gasteiger partial charge on any atom is 0.300 e. The van der Waals surface area contributed by atoms with Crippen molar-refractivity contribution in [1.29, 1.82) is 0 Å². The molecule has 0 aliphatic carbocycles. The van der Waals surface area contributed by atoms with E-state index in [9.17, 15) is 14.9 Å². The van der Waals surface area contributed by atoms with Crippen LogP contribution in [0.5, 0.6) is 0 Å². The highest BCUT2D eigenvalue weighted by atomic mass is 16.6. The van der Waals surface area contributed by atoms with E-state index in [1.54, 1.807) is 0 Å². The first-order valence-corrected chi connectivity index (χ1v) is 6.22. The average molecular weight is 296 g/mol. The molecule has 2 unspecified atom stereocenters. The second kappa shape index (κ2) is 6.02. The number of hydrogen-bond acceptors (Lipinski definition) is 7. The van der Waals surface area contributed by atoms with Gasteiger partial charge in [0, 0.05) is 27.3 Å². The zero-order valence-corrected chi connectivity index (χ0v) is 11.7. The first-order chi connectivity index (χ1) is 9.97. The van der Waals surface area contributed by atoms with Crippen molar-refractivity contribution in [3.8, 4) is 0 Å². The van der Waals surface area contributed by atoms with Crippen LogP contribution in [-0.4, -0.2) is 60.2 Å². The Labute approximate surface area is 120 Å². The molecule has 2 rings (SSSR count). The average Bonchev–Trinajstić information content (AvgIpc) is 2.89.